The molecule has 0 bridgehead atoms. The molecule has 1 fully saturated rings. The highest BCUT2D eigenvalue weighted by atomic mass is 16.5. The third-order valence-electron chi connectivity index (χ3n) is 4.30. The predicted octanol–water partition coefficient (Wildman–Crippen LogP) is 3.48. The van der Waals surface area contributed by atoms with Crippen molar-refractivity contribution in [1.82, 2.24) is 4.90 Å². The van der Waals surface area contributed by atoms with Gasteiger partial charge in [0.2, 0.25) is 0 Å². The molecule has 1 aromatic carbocycles. The van der Waals surface area contributed by atoms with E-state index in [0.717, 1.165) is 24.2 Å². The average Bonchev–Trinajstić information content (AvgIpc) is 2.50. The first kappa shape index (κ1) is 15.8. The number of carbonyl (C=O) groups is 1. The maximum atomic E-state index is 11.7. The van der Waals surface area contributed by atoms with Gasteiger partial charge in [-0.2, -0.15) is 0 Å². The van der Waals surface area contributed by atoms with Gasteiger partial charge in [0.1, 0.15) is 11.8 Å². The van der Waals surface area contributed by atoms with Gasteiger partial charge in [-0.3, -0.25) is 9.69 Å². The third kappa shape index (κ3) is 3.97. The predicted molar refractivity (Wildman–Crippen MR) is 82.6 cm³/mol. The summed E-state index contributed by atoms with van der Waals surface area (Å²) in [4.78, 5) is 13.7. The van der Waals surface area contributed by atoms with Crippen LogP contribution in [0, 0.1) is 0 Å². The van der Waals surface area contributed by atoms with Crippen LogP contribution in [0.1, 0.15) is 50.6 Å². The Bertz CT molecular complexity index is 452. The molecule has 1 aliphatic carbocycles. The molecule has 0 spiro atoms. The van der Waals surface area contributed by atoms with Gasteiger partial charge in [0.15, 0.2) is 0 Å². The fraction of sp³-hybridized carbons (Fsp3) is 0.588. The number of aliphatic carboxylic acids is 1. The number of likely N-dealkylation sites (N-methyl/N-ethyl adjacent to an activating group) is 1. The molecule has 0 aromatic heterocycles. The lowest BCUT2D eigenvalue weighted by molar-refractivity contribution is -0.144. The number of ether oxygens (including phenoxy) is 1. The van der Waals surface area contributed by atoms with Crippen molar-refractivity contribution in [1.29, 1.82) is 0 Å². The van der Waals surface area contributed by atoms with Crippen molar-refractivity contribution >= 4 is 5.97 Å². The van der Waals surface area contributed by atoms with E-state index in [1.165, 1.54) is 19.3 Å². The van der Waals surface area contributed by atoms with Crippen LogP contribution >= 0.6 is 0 Å². The van der Waals surface area contributed by atoms with Crippen LogP contribution in [0.4, 0.5) is 0 Å². The average molecular weight is 291 g/mol. The smallest absolute Gasteiger partial charge is 0.325 e. The Kier molecular flexibility index (Phi) is 5.62. The lowest BCUT2D eigenvalue weighted by Crippen LogP contribution is -2.40. The number of hydrogen-bond donors (Lipinski definition) is 1. The van der Waals surface area contributed by atoms with E-state index in [1.54, 1.807) is 0 Å². The molecule has 0 radical (unpaired) electrons. The van der Waals surface area contributed by atoms with Crippen molar-refractivity contribution in [2.45, 2.75) is 51.1 Å². The highest BCUT2D eigenvalue weighted by molar-refractivity contribution is 5.75. The summed E-state index contributed by atoms with van der Waals surface area (Å²) in [6, 6.07) is 7.22. The molecule has 1 aliphatic rings. The highest BCUT2D eigenvalue weighted by Gasteiger charge is 2.30. The highest BCUT2D eigenvalue weighted by Crippen LogP contribution is 2.30. The lowest BCUT2D eigenvalue weighted by Gasteiger charge is -2.35. The molecular formula is C17H25NO3. The van der Waals surface area contributed by atoms with Gasteiger partial charge < -0.3 is 9.84 Å². The van der Waals surface area contributed by atoms with Crippen LogP contribution in [-0.4, -0.2) is 35.7 Å². The Hall–Kier alpha value is -1.55. The molecule has 1 N–H and O–H groups in total. The van der Waals surface area contributed by atoms with Crippen LogP contribution in [0.2, 0.25) is 0 Å². The van der Waals surface area contributed by atoms with Crippen LogP contribution in [0.3, 0.4) is 0 Å². The molecule has 1 saturated carbocycles. The van der Waals surface area contributed by atoms with Crippen LogP contribution in [0.15, 0.2) is 24.3 Å². The monoisotopic (exact) mass is 291 g/mol. The first-order valence-corrected chi connectivity index (χ1v) is 7.81. The van der Waals surface area contributed by atoms with E-state index in [9.17, 15) is 9.90 Å². The molecule has 116 valence electrons. The molecule has 1 atom stereocenters. The molecule has 1 aromatic rings. The number of carboxylic acids is 1. The quantitative estimate of drug-likeness (QED) is 0.872. The number of hydrogen-bond acceptors (Lipinski definition) is 3. The third-order valence-corrected chi connectivity index (χ3v) is 4.30. The Morgan fingerprint density at radius 2 is 1.90 bits per heavy atom. The van der Waals surface area contributed by atoms with Crippen LogP contribution in [-0.2, 0) is 4.79 Å². The summed E-state index contributed by atoms with van der Waals surface area (Å²) in [5.41, 5.74) is 0.819. The van der Waals surface area contributed by atoms with Crippen molar-refractivity contribution in [2.75, 3.05) is 13.7 Å². The second kappa shape index (κ2) is 7.46. The minimum Gasteiger partial charge on any atom is -0.494 e. The van der Waals surface area contributed by atoms with Gasteiger partial charge in [-0.25, -0.2) is 0 Å². The van der Waals surface area contributed by atoms with E-state index in [4.69, 9.17) is 4.74 Å². The summed E-state index contributed by atoms with van der Waals surface area (Å²) in [5.74, 6) is -0.00191. The SMILES string of the molecule is CCOc1ccc(C(C(=O)O)N(C)C2CCCCC2)cc1. The summed E-state index contributed by atoms with van der Waals surface area (Å²) in [6.45, 7) is 2.55. The van der Waals surface area contributed by atoms with E-state index < -0.39 is 12.0 Å². The Morgan fingerprint density at radius 1 is 1.29 bits per heavy atom. The molecular weight excluding hydrogens is 266 g/mol. The Morgan fingerprint density at radius 3 is 2.43 bits per heavy atom. The van der Waals surface area contributed by atoms with Gasteiger partial charge in [-0.15, -0.1) is 0 Å². The topological polar surface area (TPSA) is 49.8 Å². The summed E-state index contributed by atoms with van der Waals surface area (Å²) in [7, 11) is 1.94. The van der Waals surface area contributed by atoms with Gasteiger partial charge in [-0.1, -0.05) is 31.4 Å². The van der Waals surface area contributed by atoms with Gasteiger partial charge in [0.05, 0.1) is 6.61 Å². The normalized spacial score (nSPS) is 17.7. The fourth-order valence-electron chi connectivity index (χ4n) is 3.16. The van der Waals surface area contributed by atoms with E-state index in [-0.39, 0.29) is 0 Å². The van der Waals surface area contributed by atoms with E-state index in [0.29, 0.717) is 12.6 Å². The maximum Gasteiger partial charge on any atom is 0.325 e. The lowest BCUT2D eigenvalue weighted by atomic mass is 9.92. The number of rotatable bonds is 6. The van der Waals surface area contributed by atoms with Crippen LogP contribution in [0.5, 0.6) is 5.75 Å². The van der Waals surface area contributed by atoms with Crippen molar-refractivity contribution in [3.05, 3.63) is 29.8 Å². The molecule has 0 saturated heterocycles. The van der Waals surface area contributed by atoms with E-state index in [1.807, 2.05) is 43.1 Å². The molecule has 21 heavy (non-hydrogen) atoms. The second-order valence-electron chi connectivity index (χ2n) is 5.70. The standard InChI is InChI=1S/C17H25NO3/c1-3-21-15-11-9-13(10-12-15)16(17(19)20)18(2)14-7-5-4-6-8-14/h9-12,14,16H,3-8H2,1-2H3,(H,19,20). The van der Waals surface area contributed by atoms with E-state index in [2.05, 4.69) is 0 Å². The largest absolute Gasteiger partial charge is 0.494 e. The summed E-state index contributed by atoms with van der Waals surface area (Å²) in [5, 5.41) is 9.63. The summed E-state index contributed by atoms with van der Waals surface area (Å²) in [6.07, 6.45) is 5.86. The van der Waals surface area contributed by atoms with Crippen molar-refractivity contribution in [3.63, 3.8) is 0 Å². The van der Waals surface area contributed by atoms with Crippen LogP contribution in [0.25, 0.3) is 0 Å². The molecule has 2 rings (SSSR count). The molecule has 0 heterocycles. The number of nitrogens with zero attached hydrogens (tertiary/aromatic N) is 1. The minimum absolute atomic E-state index is 0.367. The maximum absolute atomic E-state index is 11.7. The molecule has 4 heteroatoms. The van der Waals surface area contributed by atoms with Gasteiger partial charge in [-0.05, 0) is 44.5 Å². The summed E-state index contributed by atoms with van der Waals surface area (Å²) >= 11 is 0. The first-order chi connectivity index (χ1) is 10.1. The number of carboxylic acid groups (broad SMARTS) is 1. The molecule has 4 nitrogen and oxygen atoms in total. The summed E-state index contributed by atoms with van der Waals surface area (Å²) < 4.78 is 5.42. The van der Waals surface area contributed by atoms with Gasteiger partial charge in [0.25, 0.3) is 0 Å². The Balaban J connectivity index is 2.15. The fourth-order valence-corrected chi connectivity index (χ4v) is 3.16. The molecule has 1 unspecified atom stereocenters. The zero-order valence-corrected chi connectivity index (χ0v) is 12.9. The molecule has 0 aliphatic heterocycles. The van der Waals surface area contributed by atoms with Crippen molar-refractivity contribution < 1.29 is 14.6 Å². The van der Waals surface area contributed by atoms with Gasteiger partial charge >= 0.3 is 5.97 Å². The molecule has 0 amide bonds. The van der Waals surface area contributed by atoms with Crippen molar-refractivity contribution in [2.24, 2.45) is 0 Å². The van der Waals surface area contributed by atoms with Crippen LogP contribution < -0.4 is 4.74 Å². The number of benzene rings is 1. The van der Waals surface area contributed by atoms with E-state index >= 15 is 0 Å². The first-order valence-electron chi connectivity index (χ1n) is 7.81. The zero-order valence-electron chi connectivity index (χ0n) is 12.9. The zero-order chi connectivity index (χ0) is 15.2. The van der Waals surface area contributed by atoms with Gasteiger partial charge in [0, 0.05) is 6.04 Å². The van der Waals surface area contributed by atoms with Crippen molar-refractivity contribution in [3.8, 4) is 5.75 Å². The minimum atomic E-state index is -0.785. The Labute approximate surface area is 126 Å². The second-order valence-corrected chi connectivity index (χ2v) is 5.70.